The third-order valence-electron chi connectivity index (χ3n) is 3.49. The lowest BCUT2D eigenvalue weighted by Gasteiger charge is -2.20. The van der Waals surface area contributed by atoms with E-state index in [1.807, 2.05) is 6.92 Å². The molecular weight excluding hydrogens is 394 g/mol. The minimum atomic E-state index is 0.277. The van der Waals surface area contributed by atoms with Crippen molar-refractivity contribution in [1.82, 2.24) is 15.1 Å². The van der Waals surface area contributed by atoms with Gasteiger partial charge in [-0.15, -0.1) is 0 Å². The summed E-state index contributed by atoms with van der Waals surface area (Å²) >= 11 is 7.19. The van der Waals surface area contributed by atoms with Crippen molar-refractivity contribution < 1.29 is 0 Å². The minimum absolute atomic E-state index is 0.277. The Morgan fingerprint density at radius 2 is 2.00 bits per heavy atom. The van der Waals surface area contributed by atoms with Gasteiger partial charge in [-0.3, -0.25) is 4.68 Å². The maximum Gasteiger partial charge on any atom is 0.0596 e. The lowest BCUT2D eigenvalue weighted by atomic mass is 10.0. The number of hydrogen-bond acceptors (Lipinski definition) is 2. The second-order valence-corrected chi connectivity index (χ2v) is 6.84. The predicted octanol–water partition coefficient (Wildman–Crippen LogP) is 4.63. The number of nitrogens with one attached hydrogen (secondary N) is 1. The molecule has 0 saturated carbocycles. The van der Waals surface area contributed by atoms with Crippen LogP contribution in [0, 0.1) is 6.92 Å². The van der Waals surface area contributed by atoms with Gasteiger partial charge in [-0.2, -0.15) is 5.10 Å². The molecule has 3 nitrogen and oxygen atoms in total. The van der Waals surface area contributed by atoms with Crippen LogP contribution in [0.3, 0.4) is 0 Å². The molecule has 0 aliphatic rings. The topological polar surface area (TPSA) is 29.9 Å². The Bertz CT molecular complexity index is 608. The van der Waals surface area contributed by atoms with Crippen LogP contribution in [-0.4, -0.2) is 16.3 Å². The molecule has 2 rings (SSSR count). The molecular formula is C16H21Br2N3. The molecule has 21 heavy (non-hydrogen) atoms. The van der Waals surface area contributed by atoms with Crippen LogP contribution in [0.1, 0.15) is 36.8 Å². The molecule has 2 aromatic rings. The Kier molecular flexibility index (Phi) is 6.02. The fourth-order valence-electron chi connectivity index (χ4n) is 2.57. The van der Waals surface area contributed by atoms with E-state index in [9.17, 15) is 0 Å². The first-order valence-electron chi connectivity index (χ1n) is 7.26. The fourth-order valence-corrected chi connectivity index (χ4v) is 3.89. The smallest absolute Gasteiger partial charge is 0.0596 e. The first kappa shape index (κ1) is 16.7. The van der Waals surface area contributed by atoms with Gasteiger partial charge in [-0.1, -0.05) is 44.8 Å². The van der Waals surface area contributed by atoms with Crippen LogP contribution < -0.4 is 5.32 Å². The summed E-state index contributed by atoms with van der Waals surface area (Å²) in [5, 5.41) is 8.12. The van der Waals surface area contributed by atoms with E-state index in [2.05, 4.69) is 85.1 Å². The van der Waals surface area contributed by atoms with Crippen LogP contribution >= 0.6 is 31.9 Å². The summed E-state index contributed by atoms with van der Waals surface area (Å²) in [4.78, 5) is 0. The summed E-state index contributed by atoms with van der Waals surface area (Å²) in [6.07, 6.45) is 0.933. The van der Waals surface area contributed by atoms with Crippen molar-refractivity contribution in [3.8, 4) is 0 Å². The van der Waals surface area contributed by atoms with E-state index >= 15 is 0 Å². The molecule has 1 aromatic carbocycles. The van der Waals surface area contributed by atoms with Crippen LogP contribution in [0.15, 0.2) is 33.2 Å². The second-order valence-electron chi connectivity index (χ2n) is 5.07. The highest BCUT2D eigenvalue weighted by Gasteiger charge is 2.17. The molecule has 1 aromatic heterocycles. The molecule has 1 N–H and O–H groups in total. The molecule has 0 spiro atoms. The largest absolute Gasteiger partial charge is 0.310 e. The molecule has 0 fully saturated rings. The molecule has 1 heterocycles. The maximum absolute atomic E-state index is 4.54. The van der Waals surface area contributed by atoms with Crippen molar-refractivity contribution in [3.63, 3.8) is 0 Å². The number of halogens is 2. The van der Waals surface area contributed by atoms with Crippen molar-refractivity contribution in [2.45, 2.75) is 39.8 Å². The highest BCUT2D eigenvalue weighted by molar-refractivity contribution is 9.11. The molecule has 0 bridgehead atoms. The van der Waals surface area contributed by atoms with E-state index in [0.717, 1.165) is 34.1 Å². The normalized spacial score (nSPS) is 12.6. The number of aromatic nitrogens is 2. The zero-order chi connectivity index (χ0) is 15.4. The number of nitrogens with zero attached hydrogens (tertiary/aromatic N) is 2. The summed E-state index contributed by atoms with van der Waals surface area (Å²) in [7, 11) is 0. The summed E-state index contributed by atoms with van der Waals surface area (Å²) in [6, 6.07) is 8.81. The molecule has 0 aliphatic carbocycles. The average Bonchev–Trinajstić information content (AvgIpc) is 2.78. The lowest BCUT2D eigenvalue weighted by Crippen LogP contribution is -2.24. The zero-order valence-electron chi connectivity index (χ0n) is 12.7. The Morgan fingerprint density at radius 3 is 2.62 bits per heavy atom. The molecule has 1 atom stereocenters. The van der Waals surface area contributed by atoms with Gasteiger partial charge < -0.3 is 5.32 Å². The summed E-state index contributed by atoms with van der Waals surface area (Å²) < 4.78 is 4.30. The van der Waals surface area contributed by atoms with Gasteiger partial charge in [-0.05, 0) is 44.2 Å². The van der Waals surface area contributed by atoms with Gasteiger partial charge in [0.25, 0.3) is 0 Å². The summed E-state index contributed by atoms with van der Waals surface area (Å²) in [5.41, 5.74) is 3.63. The van der Waals surface area contributed by atoms with Crippen molar-refractivity contribution >= 4 is 31.9 Å². The Hall–Kier alpha value is -0.650. The lowest BCUT2D eigenvalue weighted by molar-refractivity contribution is 0.514. The Labute approximate surface area is 143 Å². The predicted molar refractivity (Wildman–Crippen MR) is 94.6 cm³/mol. The number of benzene rings is 1. The van der Waals surface area contributed by atoms with Gasteiger partial charge in [0.1, 0.15) is 0 Å². The van der Waals surface area contributed by atoms with Gasteiger partial charge in [0, 0.05) is 33.6 Å². The van der Waals surface area contributed by atoms with Crippen LogP contribution in [0.25, 0.3) is 0 Å². The standard InChI is InChI=1S/C16H21Br2N3/c1-4-19-16(14-7-6-12(17)9-15(14)18)10-13-8-11(3)20-21(13)5-2/h6-9,16,19H,4-5,10H2,1-3H3. The van der Waals surface area contributed by atoms with E-state index < -0.39 is 0 Å². The minimum Gasteiger partial charge on any atom is -0.310 e. The molecule has 0 aliphatic heterocycles. The van der Waals surface area contributed by atoms with E-state index in [-0.39, 0.29) is 6.04 Å². The molecule has 1 unspecified atom stereocenters. The second kappa shape index (κ2) is 7.56. The van der Waals surface area contributed by atoms with Crippen molar-refractivity contribution in [3.05, 3.63) is 50.2 Å². The fraction of sp³-hybridized carbons (Fsp3) is 0.438. The number of rotatable bonds is 6. The van der Waals surface area contributed by atoms with Gasteiger partial charge in [0.2, 0.25) is 0 Å². The summed E-state index contributed by atoms with van der Waals surface area (Å²) in [6.45, 7) is 8.17. The molecule has 0 radical (unpaired) electrons. The maximum atomic E-state index is 4.54. The zero-order valence-corrected chi connectivity index (χ0v) is 15.8. The van der Waals surface area contributed by atoms with E-state index in [4.69, 9.17) is 0 Å². The van der Waals surface area contributed by atoms with Crippen molar-refractivity contribution in [2.24, 2.45) is 0 Å². The highest BCUT2D eigenvalue weighted by Crippen LogP contribution is 2.29. The van der Waals surface area contributed by atoms with Gasteiger partial charge in [0.15, 0.2) is 0 Å². The SMILES string of the molecule is CCNC(Cc1cc(C)nn1CC)c1ccc(Br)cc1Br. The van der Waals surface area contributed by atoms with E-state index in [0.29, 0.717) is 0 Å². The van der Waals surface area contributed by atoms with E-state index in [1.165, 1.54) is 11.3 Å². The Morgan fingerprint density at radius 1 is 1.24 bits per heavy atom. The van der Waals surface area contributed by atoms with E-state index in [1.54, 1.807) is 0 Å². The third kappa shape index (κ3) is 4.18. The van der Waals surface area contributed by atoms with Crippen LogP contribution in [0.5, 0.6) is 0 Å². The third-order valence-corrected chi connectivity index (χ3v) is 4.67. The Balaban J connectivity index is 2.30. The summed E-state index contributed by atoms with van der Waals surface area (Å²) in [5.74, 6) is 0. The number of aryl methyl sites for hydroxylation is 2. The van der Waals surface area contributed by atoms with Gasteiger partial charge in [0.05, 0.1) is 5.69 Å². The molecule has 0 saturated heterocycles. The number of likely N-dealkylation sites (N-methyl/N-ethyl adjacent to an activating group) is 1. The van der Waals surface area contributed by atoms with Gasteiger partial charge >= 0.3 is 0 Å². The first-order chi connectivity index (χ1) is 10.0. The molecule has 5 heteroatoms. The van der Waals surface area contributed by atoms with Crippen LogP contribution in [0.2, 0.25) is 0 Å². The molecule has 0 amide bonds. The van der Waals surface area contributed by atoms with Crippen molar-refractivity contribution in [2.75, 3.05) is 6.54 Å². The first-order valence-corrected chi connectivity index (χ1v) is 8.85. The average molecular weight is 415 g/mol. The molecule has 114 valence electrons. The van der Waals surface area contributed by atoms with Crippen LogP contribution in [0.4, 0.5) is 0 Å². The quantitative estimate of drug-likeness (QED) is 0.746. The van der Waals surface area contributed by atoms with Gasteiger partial charge in [-0.25, -0.2) is 0 Å². The number of hydrogen-bond donors (Lipinski definition) is 1. The van der Waals surface area contributed by atoms with Crippen molar-refractivity contribution in [1.29, 1.82) is 0 Å². The van der Waals surface area contributed by atoms with Crippen LogP contribution in [-0.2, 0) is 13.0 Å². The monoisotopic (exact) mass is 413 g/mol. The highest BCUT2D eigenvalue weighted by atomic mass is 79.9.